The number of benzene rings is 1. The number of fused-ring (bicyclic) bond motifs is 1. The Bertz CT molecular complexity index is 522. The van der Waals surface area contributed by atoms with E-state index in [1.54, 1.807) is 11.0 Å². The molecule has 0 radical (unpaired) electrons. The third-order valence-electron chi connectivity index (χ3n) is 4.38. The fraction of sp³-hybridized carbons (Fsp3) is 0.500. The van der Waals surface area contributed by atoms with Crippen LogP contribution in [-0.2, 0) is 0 Å². The highest BCUT2D eigenvalue weighted by atomic mass is 35.5. The second-order valence-electron chi connectivity index (χ2n) is 5.48. The topological polar surface area (TPSA) is 46.3 Å². The van der Waals surface area contributed by atoms with Gasteiger partial charge in [-0.2, -0.15) is 0 Å². The van der Waals surface area contributed by atoms with Gasteiger partial charge >= 0.3 is 0 Å². The van der Waals surface area contributed by atoms with Crippen LogP contribution in [0.15, 0.2) is 18.2 Å². The summed E-state index contributed by atoms with van der Waals surface area (Å²) in [5.41, 5.74) is 6.10. The lowest BCUT2D eigenvalue weighted by Gasteiger charge is -2.19. The van der Waals surface area contributed by atoms with Crippen molar-refractivity contribution >= 4 is 17.5 Å². The van der Waals surface area contributed by atoms with Gasteiger partial charge in [-0.1, -0.05) is 17.7 Å². The van der Waals surface area contributed by atoms with E-state index in [1.807, 2.05) is 0 Å². The van der Waals surface area contributed by atoms with Crippen molar-refractivity contribution in [2.75, 3.05) is 13.1 Å². The molecule has 0 spiro atoms. The van der Waals surface area contributed by atoms with E-state index in [-0.39, 0.29) is 22.5 Å². The maximum absolute atomic E-state index is 13.9. The highest BCUT2D eigenvalue weighted by molar-refractivity contribution is 6.31. The van der Waals surface area contributed by atoms with Crippen LogP contribution >= 0.6 is 11.6 Å². The predicted octanol–water partition coefficient (Wildman–Crippen LogP) is 2.29. The van der Waals surface area contributed by atoms with Gasteiger partial charge in [-0.25, -0.2) is 4.39 Å². The number of carbonyl (C=O) groups is 1. The van der Waals surface area contributed by atoms with E-state index < -0.39 is 5.82 Å². The van der Waals surface area contributed by atoms with Gasteiger partial charge in [0.15, 0.2) is 5.82 Å². The number of hydrogen-bond donors (Lipinski definition) is 1. The standard InChI is InChI=1S/C14H16ClFN2O/c15-11-3-1-2-9(13(11)16)14(19)18-6-8-4-5-12(17)10(8)7-18/h1-3,8,10,12H,4-7,17H2/t8-,10-,12+/m0/s1. The Morgan fingerprint density at radius 3 is 2.89 bits per heavy atom. The molecule has 1 aliphatic carbocycles. The molecule has 1 heterocycles. The summed E-state index contributed by atoms with van der Waals surface area (Å²) in [6, 6.07) is 4.70. The predicted molar refractivity (Wildman–Crippen MR) is 71.5 cm³/mol. The molecule has 3 nitrogen and oxygen atoms in total. The van der Waals surface area contributed by atoms with Crippen molar-refractivity contribution in [3.05, 3.63) is 34.6 Å². The average Bonchev–Trinajstić information content (AvgIpc) is 2.95. The molecule has 1 aromatic carbocycles. The summed E-state index contributed by atoms with van der Waals surface area (Å²) in [6.07, 6.45) is 2.09. The summed E-state index contributed by atoms with van der Waals surface area (Å²) in [6.45, 7) is 1.32. The number of amides is 1. The quantitative estimate of drug-likeness (QED) is 0.859. The molecule has 0 bridgehead atoms. The lowest BCUT2D eigenvalue weighted by atomic mass is 9.98. The number of likely N-dealkylation sites (tertiary alicyclic amines) is 1. The largest absolute Gasteiger partial charge is 0.338 e. The zero-order valence-corrected chi connectivity index (χ0v) is 11.2. The molecule has 0 unspecified atom stereocenters. The zero-order valence-electron chi connectivity index (χ0n) is 10.5. The SMILES string of the molecule is N[C@@H]1CC[C@H]2CN(C(=O)c3cccc(Cl)c3F)C[C@@H]21. The first-order chi connectivity index (χ1) is 9.08. The molecule has 2 aliphatic rings. The van der Waals surface area contributed by atoms with Gasteiger partial charge in [0, 0.05) is 19.1 Å². The van der Waals surface area contributed by atoms with Crippen LogP contribution in [0.4, 0.5) is 4.39 Å². The lowest BCUT2D eigenvalue weighted by Crippen LogP contribution is -2.33. The molecule has 102 valence electrons. The van der Waals surface area contributed by atoms with Crippen LogP contribution in [0.5, 0.6) is 0 Å². The number of hydrogen-bond acceptors (Lipinski definition) is 2. The van der Waals surface area contributed by atoms with Crippen LogP contribution in [0, 0.1) is 17.7 Å². The molecule has 1 aromatic rings. The smallest absolute Gasteiger partial charge is 0.256 e. The molecule has 1 aliphatic heterocycles. The van der Waals surface area contributed by atoms with Gasteiger partial charge in [-0.3, -0.25) is 4.79 Å². The summed E-state index contributed by atoms with van der Waals surface area (Å²) in [7, 11) is 0. The van der Waals surface area contributed by atoms with Crippen molar-refractivity contribution < 1.29 is 9.18 Å². The van der Waals surface area contributed by atoms with Crippen molar-refractivity contribution in [1.82, 2.24) is 4.90 Å². The highest BCUT2D eigenvalue weighted by Crippen LogP contribution is 2.37. The summed E-state index contributed by atoms with van der Waals surface area (Å²) >= 11 is 5.72. The summed E-state index contributed by atoms with van der Waals surface area (Å²) in [4.78, 5) is 14.1. The molecule has 5 heteroatoms. The highest BCUT2D eigenvalue weighted by Gasteiger charge is 2.42. The molecule has 3 rings (SSSR count). The van der Waals surface area contributed by atoms with E-state index in [0.717, 1.165) is 12.8 Å². The zero-order chi connectivity index (χ0) is 13.6. The minimum Gasteiger partial charge on any atom is -0.338 e. The van der Waals surface area contributed by atoms with E-state index in [9.17, 15) is 9.18 Å². The fourth-order valence-electron chi connectivity index (χ4n) is 3.31. The van der Waals surface area contributed by atoms with E-state index in [4.69, 9.17) is 17.3 Å². The Morgan fingerprint density at radius 2 is 2.16 bits per heavy atom. The van der Waals surface area contributed by atoms with Gasteiger partial charge in [-0.15, -0.1) is 0 Å². The second-order valence-corrected chi connectivity index (χ2v) is 5.88. The third-order valence-corrected chi connectivity index (χ3v) is 4.67. The van der Waals surface area contributed by atoms with E-state index in [0.29, 0.717) is 24.9 Å². The average molecular weight is 283 g/mol. The van der Waals surface area contributed by atoms with Crippen molar-refractivity contribution in [2.45, 2.75) is 18.9 Å². The molecule has 3 atom stereocenters. The number of halogens is 2. The number of rotatable bonds is 1. The van der Waals surface area contributed by atoms with E-state index >= 15 is 0 Å². The number of carbonyl (C=O) groups excluding carboxylic acids is 1. The van der Waals surface area contributed by atoms with Crippen molar-refractivity contribution in [2.24, 2.45) is 17.6 Å². The first kappa shape index (κ1) is 12.9. The first-order valence-corrected chi connectivity index (χ1v) is 6.94. The molecule has 0 aromatic heterocycles. The Labute approximate surface area is 116 Å². The van der Waals surface area contributed by atoms with E-state index in [1.165, 1.54) is 12.1 Å². The van der Waals surface area contributed by atoms with Gasteiger partial charge in [0.25, 0.3) is 5.91 Å². The Kier molecular flexibility index (Phi) is 3.23. The van der Waals surface area contributed by atoms with Gasteiger partial charge < -0.3 is 10.6 Å². The van der Waals surface area contributed by atoms with Crippen molar-refractivity contribution in [3.63, 3.8) is 0 Å². The molecule has 1 saturated heterocycles. The monoisotopic (exact) mass is 282 g/mol. The Morgan fingerprint density at radius 1 is 1.37 bits per heavy atom. The summed E-state index contributed by atoms with van der Waals surface area (Å²) < 4.78 is 13.9. The van der Waals surface area contributed by atoms with Crippen LogP contribution in [0.2, 0.25) is 5.02 Å². The van der Waals surface area contributed by atoms with Gasteiger partial charge in [0.1, 0.15) is 0 Å². The molecule has 19 heavy (non-hydrogen) atoms. The van der Waals surface area contributed by atoms with Crippen molar-refractivity contribution in [3.8, 4) is 0 Å². The molecule has 1 saturated carbocycles. The third kappa shape index (κ3) is 2.13. The Balaban J connectivity index is 1.81. The van der Waals surface area contributed by atoms with Crippen LogP contribution in [0.25, 0.3) is 0 Å². The van der Waals surface area contributed by atoms with Crippen LogP contribution in [0.3, 0.4) is 0 Å². The van der Waals surface area contributed by atoms with Gasteiger partial charge in [0.05, 0.1) is 10.6 Å². The number of nitrogens with two attached hydrogens (primary N) is 1. The van der Waals surface area contributed by atoms with Gasteiger partial charge in [-0.05, 0) is 36.8 Å². The summed E-state index contributed by atoms with van der Waals surface area (Å²) in [5.74, 6) is -0.0653. The van der Waals surface area contributed by atoms with Gasteiger partial charge in [0.2, 0.25) is 0 Å². The first-order valence-electron chi connectivity index (χ1n) is 6.57. The van der Waals surface area contributed by atoms with Crippen molar-refractivity contribution in [1.29, 1.82) is 0 Å². The fourth-order valence-corrected chi connectivity index (χ4v) is 3.49. The van der Waals surface area contributed by atoms with E-state index in [2.05, 4.69) is 0 Å². The maximum Gasteiger partial charge on any atom is 0.256 e. The molecule has 2 N–H and O–H groups in total. The molecule has 2 fully saturated rings. The lowest BCUT2D eigenvalue weighted by molar-refractivity contribution is 0.0775. The van der Waals surface area contributed by atoms with Crippen LogP contribution in [0.1, 0.15) is 23.2 Å². The second kappa shape index (κ2) is 4.76. The van der Waals surface area contributed by atoms with Crippen LogP contribution in [-0.4, -0.2) is 29.9 Å². The molecular formula is C14H16ClFN2O. The minimum atomic E-state index is -0.629. The molecule has 1 amide bonds. The maximum atomic E-state index is 13.9. The summed E-state index contributed by atoms with van der Waals surface area (Å²) in [5, 5.41) is -0.0121. The normalized spacial score (nSPS) is 29.6. The van der Waals surface area contributed by atoms with Crippen LogP contribution < -0.4 is 5.73 Å². The Hall–Kier alpha value is -1.13. The number of nitrogens with zero attached hydrogens (tertiary/aromatic N) is 1. The molecular weight excluding hydrogens is 267 g/mol. The minimum absolute atomic E-state index is 0.0121.